The predicted molar refractivity (Wildman–Crippen MR) is 109 cm³/mol. The Hall–Kier alpha value is -2.69. The fourth-order valence-corrected chi connectivity index (χ4v) is 3.97. The molecule has 1 heterocycles. The van der Waals surface area contributed by atoms with Gasteiger partial charge in [-0.1, -0.05) is 23.9 Å². The van der Waals surface area contributed by atoms with E-state index in [9.17, 15) is 18.0 Å². The molecule has 10 heteroatoms. The number of sulfonamides is 1. The zero-order valence-electron chi connectivity index (χ0n) is 15.0. The van der Waals surface area contributed by atoms with Gasteiger partial charge in [0.15, 0.2) is 5.16 Å². The summed E-state index contributed by atoms with van der Waals surface area (Å²) < 4.78 is 24.0. The third-order valence-electron chi connectivity index (χ3n) is 3.94. The van der Waals surface area contributed by atoms with Crippen LogP contribution in [0.3, 0.4) is 0 Å². The van der Waals surface area contributed by atoms with Crippen LogP contribution in [0.15, 0.2) is 63.4 Å². The van der Waals surface area contributed by atoms with Crippen LogP contribution < -0.4 is 16.0 Å². The van der Waals surface area contributed by atoms with Crippen molar-refractivity contribution < 1.29 is 13.2 Å². The van der Waals surface area contributed by atoms with Gasteiger partial charge in [-0.05, 0) is 43.3 Å². The van der Waals surface area contributed by atoms with Crippen molar-refractivity contribution in [3.63, 3.8) is 0 Å². The van der Waals surface area contributed by atoms with E-state index in [2.05, 4.69) is 10.3 Å². The highest BCUT2D eigenvalue weighted by Crippen LogP contribution is 2.19. The lowest BCUT2D eigenvalue weighted by Crippen LogP contribution is -2.23. The molecule has 0 aliphatic heterocycles. The van der Waals surface area contributed by atoms with Crippen molar-refractivity contribution in [1.82, 2.24) is 9.55 Å². The van der Waals surface area contributed by atoms with Crippen LogP contribution in [0.5, 0.6) is 0 Å². The smallest absolute Gasteiger partial charge is 0.262 e. The van der Waals surface area contributed by atoms with Crippen LogP contribution in [-0.2, 0) is 21.4 Å². The largest absolute Gasteiger partial charge is 0.325 e. The highest BCUT2D eigenvalue weighted by molar-refractivity contribution is 7.99. The predicted octanol–water partition coefficient (Wildman–Crippen LogP) is 1.79. The highest BCUT2D eigenvalue weighted by atomic mass is 32.2. The zero-order valence-corrected chi connectivity index (χ0v) is 16.6. The molecule has 3 aromatic rings. The van der Waals surface area contributed by atoms with Crippen LogP contribution >= 0.6 is 11.8 Å². The maximum absolute atomic E-state index is 12.6. The van der Waals surface area contributed by atoms with Crippen molar-refractivity contribution in [2.75, 3.05) is 11.1 Å². The number of nitrogens with zero attached hydrogens (tertiary/aromatic N) is 2. The summed E-state index contributed by atoms with van der Waals surface area (Å²) in [6.45, 7) is 2.28. The van der Waals surface area contributed by atoms with Gasteiger partial charge in [0.05, 0.1) is 21.6 Å². The molecule has 0 radical (unpaired) electrons. The van der Waals surface area contributed by atoms with E-state index in [1.54, 1.807) is 24.3 Å². The fourth-order valence-electron chi connectivity index (χ4n) is 2.59. The van der Waals surface area contributed by atoms with Gasteiger partial charge in [-0.25, -0.2) is 18.5 Å². The molecular weight excluding hydrogens is 400 g/mol. The van der Waals surface area contributed by atoms with Crippen molar-refractivity contribution in [2.24, 2.45) is 5.14 Å². The first kappa shape index (κ1) is 20.1. The normalized spacial score (nSPS) is 11.5. The maximum Gasteiger partial charge on any atom is 0.262 e. The van der Waals surface area contributed by atoms with E-state index in [0.29, 0.717) is 28.3 Å². The van der Waals surface area contributed by atoms with Gasteiger partial charge in [0.2, 0.25) is 15.9 Å². The van der Waals surface area contributed by atoms with Crippen LogP contribution in [-0.4, -0.2) is 29.6 Å². The monoisotopic (exact) mass is 418 g/mol. The molecule has 0 saturated carbocycles. The van der Waals surface area contributed by atoms with Crippen molar-refractivity contribution in [3.05, 3.63) is 58.9 Å². The van der Waals surface area contributed by atoms with Gasteiger partial charge in [0, 0.05) is 12.2 Å². The quantitative estimate of drug-likeness (QED) is 0.465. The molecule has 8 nitrogen and oxygen atoms in total. The number of carbonyl (C=O) groups is 1. The van der Waals surface area contributed by atoms with Gasteiger partial charge in [-0.2, -0.15) is 0 Å². The molecule has 3 N–H and O–H groups in total. The van der Waals surface area contributed by atoms with Gasteiger partial charge < -0.3 is 5.32 Å². The Morgan fingerprint density at radius 2 is 1.86 bits per heavy atom. The number of hydrogen-bond donors (Lipinski definition) is 2. The number of thioether (sulfide) groups is 1. The van der Waals surface area contributed by atoms with E-state index in [1.807, 2.05) is 6.92 Å². The molecule has 0 aliphatic carbocycles. The molecule has 0 unspecified atom stereocenters. The SMILES string of the molecule is CCn1c(SCC(=O)Nc2ccc(S(N)(=O)=O)cc2)nc2ccccc2c1=O. The topological polar surface area (TPSA) is 124 Å². The summed E-state index contributed by atoms with van der Waals surface area (Å²) in [7, 11) is -3.78. The number of fused-ring (bicyclic) bond motifs is 1. The molecule has 0 spiro atoms. The first-order valence-corrected chi connectivity index (χ1v) is 10.9. The van der Waals surface area contributed by atoms with Gasteiger partial charge in [0.25, 0.3) is 5.56 Å². The number of para-hydroxylation sites is 1. The molecule has 0 bridgehead atoms. The van der Waals surface area contributed by atoms with Crippen molar-refractivity contribution in [3.8, 4) is 0 Å². The summed E-state index contributed by atoms with van der Waals surface area (Å²) in [6.07, 6.45) is 0. The van der Waals surface area contributed by atoms with Gasteiger partial charge in [-0.15, -0.1) is 0 Å². The van der Waals surface area contributed by atoms with Crippen LogP contribution in [0.4, 0.5) is 5.69 Å². The number of aromatic nitrogens is 2. The second kappa shape index (κ2) is 8.13. The van der Waals surface area contributed by atoms with Crippen molar-refractivity contribution in [1.29, 1.82) is 0 Å². The summed E-state index contributed by atoms with van der Waals surface area (Å²) >= 11 is 1.16. The molecule has 2 aromatic carbocycles. The van der Waals surface area contributed by atoms with Crippen LogP contribution in [0, 0.1) is 0 Å². The van der Waals surface area contributed by atoms with Gasteiger partial charge in [-0.3, -0.25) is 14.2 Å². The summed E-state index contributed by atoms with van der Waals surface area (Å²) in [6, 6.07) is 12.6. The second-order valence-corrected chi connectivity index (χ2v) is 8.37. The molecule has 146 valence electrons. The Bertz CT molecular complexity index is 1190. The molecule has 3 rings (SSSR count). The second-order valence-electron chi connectivity index (χ2n) is 5.87. The zero-order chi connectivity index (χ0) is 20.3. The Morgan fingerprint density at radius 1 is 1.18 bits per heavy atom. The summed E-state index contributed by atoms with van der Waals surface area (Å²) in [5.41, 5.74) is 0.880. The first-order valence-electron chi connectivity index (χ1n) is 8.34. The highest BCUT2D eigenvalue weighted by Gasteiger charge is 2.13. The summed E-state index contributed by atoms with van der Waals surface area (Å²) in [5.74, 6) is -0.264. The third-order valence-corrected chi connectivity index (χ3v) is 5.85. The number of rotatable bonds is 6. The lowest BCUT2D eigenvalue weighted by molar-refractivity contribution is -0.113. The number of primary sulfonamides is 1. The molecule has 0 atom stereocenters. The van der Waals surface area contributed by atoms with Crippen LogP contribution in [0.2, 0.25) is 0 Å². The molecule has 0 saturated heterocycles. The van der Waals surface area contributed by atoms with E-state index >= 15 is 0 Å². The fraction of sp³-hybridized carbons (Fsp3) is 0.167. The number of benzene rings is 2. The Kier molecular flexibility index (Phi) is 5.82. The Labute approximate surface area is 165 Å². The minimum Gasteiger partial charge on any atom is -0.325 e. The minimum atomic E-state index is -3.78. The molecular formula is C18H18N4O4S2. The number of carbonyl (C=O) groups excluding carboxylic acids is 1. The molecule has 1 amide bonds. The van der Waals surface area contributed by atoms with E-state index in [1.165, 1.54) is 28.8 Å². The van der Waals surface area contributed by atoms with E-state index in [-0.39, 0.29) is 22.1 Å². The average molecular weight is 419 g/mol. The summed E-state index contributed by atoms with van der Waals surface area (Å²) in [5, 5.41) is 8.71. The maximum atomic E-state index is 12.6. The average Bonchev–Trinajstić information content (AvgIpc) is 2.66. The molecule has 1 aromatic heterocycles. The van der Waals surface area contributed by atoms with E-state index < -0.39 is 10.0 Å². The summed E-state index contributed by atoms with van der Waals surface area (Å²) in [4.78, 5) is 29.3. The van der Waals surface area contributed by atoms with E-state index in [4.69, 9.17) is 5.14 Å². The third kappa shape index (κ3) is 4.41. The Balaban J connectivity index is 1.73. The Morgan fingerprint density at radius 3 is 2.50 bits per heavy atom. The number of hydrogen-bond acceptors (Lipinski definition) is 6. The molecule has 28 heavy (non-hydrogen) atoms. The lowest BCUT2D eigenvalue weighted by atomic mass is 10.2. The first-order chi connectivity index (χ1) is 13.3. The molecule has 0 fully saturated rings. The molecule has 0 aliphatic rings. The number of nitrogens with one attached hydrogen (secondary N) is 1. The standard InChI is InChI=1S/C18H18N4O4S2/c1-2-22-17(24)14-5-3-4-6-15(14)21-18(22)27-11-16(23)20-12-7-9-13(10-8-12)28(19,25)26/h3-10H,2,11H2,1H3,(H,20,23)(H2,19,25,26). The van der Waals surface area contributed by atoms with Crippen molar-refractivity contribution in [2.45, 2.75) is 23.5 Å². The number of anilines is 1. The van der Waals surface area contributed by atoms with Crippen LogP contribution in [0.25, 0.3) is 10.9 Å². The van der Waals surface area contributed by atoms with Gasteiger partial charge >= 0.3 is 0 Å². The number of amides is 1. The minimum absolute atomic E-state index is 0.0350. The van der Waals surface area contributed by atoms with Crippen LogP contribution in [0.1, 0.15) is 6.92 Å². The van der Waals surface area contributed by atoms with Gasteiger partial charge in [0.1, 0.15) is 0 Å². The van der Waals surface area contributed by atoms with E-state index in [0.717, 1.165) is 11.8 Å². The van der Waals surface area contributed by atoms with Crippen molar-refractivity contribution >= 4 is 44.3 Å². The number of nitrogens with two attached hydrogens (primary N) is 1. The lowest BCUT2D eigenvalue weighted by Gasteiger charge is -2.11.